The maximum atomic E-state index is 13.4. The summed E-state index contributed by atoms with van der Waals surface area (Å²) in [7, 11) is -3.06. The van der Waals surface area contributed by atoms with Crippen LogP contribution in [0.25, 0.3) is 0 Å². The van der Waals surface area contributed by atoms with Gasteiger partial charge in [-0.25, -0.2) is 12.8 Å². The molecule has 4 nitrogen and oxygen atoms in total. The van der Waals surface area contributed by atoms with Crippen molar-refractivity contribution in [3.05, 3.63) is 70.5 Å². The number of amidine groups is 1. The Labute approximate surface area is 167 Å². The highest BCUT2D eigenvalue weighted by Gasteiger charge is 2.46. The van der Waals surface area contributed by atoms with Gasteiger partial charge in [0.2, 0.25) is 0 Å². The summed E-state index contributed by atoms with van der Waals surface area (Å²) < 4.78 is 37.5. The van der Waals surface area contributed by atoms with Gasteiger partial charge < -0.3 is 4.90 Å². The number of halogens is 2. The topological polar surface area (TPSA) is 49.7 Å². The van der Waals surface area contributed by atoms with E-state index in [-0.39, 0.29) is 29.4 Å². The van der Waals surface area contributed by atoms with Gasteiger partial charge >= 0.3 is 0 Å². The van der Waals surface area contributed by atoms with Crippen LogP contribution in [0.4, 0.5) is 4.39 Å². The van der Waals surface area contributed by atoms with Crippen LogP contribution in [0.1, 0.15) is 11.1 Å². The Morgan fingerprint density at radius 3 is 2.67 bits per heavy atom. The molecule has 27 heavy (non-hydrogen) atoms. The maximum Gasteiger partial charge on any atom is 0.160 e. The molecule has 2 aliphatic rings. The molecule has 2 aliphatic heterocycles. The molecular weight excluding hydrogens is 407 g/mol. The van der Waals surface area contributed by atoms with E-state index in [1.807, 2.05) is 30.3 Å². The number of aliphatic imine (C=N–C) groups is 1. The van der Waals surface area contributed by atoms with Crippen molar-refractivity contribution < 1.29 is 12.8 Å². The van der Waals surface area contributed by atoms with Crippen LogP contribution in [0, 0.1) is 5.82 Å². The number of sulfone groups is 1. The van der Waals surface area contributed by atoms with Gasteiger partial charge in [0.15, 0.2) is 15.0 Å². The monoisotopic (exact) mass is 424 g/mol. The molecule has 0 saturated carbocycles. The van der Waals surface area contributed by atoms with Crippen LogP contribution in [-0.2, 0) is 22.1 Å². The second-order valence-corrected chi connectivity index (χ2v) is 10.3. The Hall–Kier alpha value is -1.57. The first-order valence-electron chi connectivity index (χ1n) is 8.56. The third-order valence-electron chi connectivity index (χ3n) is 4.74. The minimum absolute atomic E-state index is 0.0960. The van der Waals surface area contributed by atoms with Crippen molar-refractivity contribution in [2.24, 2.45) is 4.99 Å². The van der Waals surface area contributed by atoms with Crippen LogP contribution in [0.2, 0.25) is 5.02 Å². The fourth-order valence-electron chi connectivity index (χ4n) is 3.46. The Balaban J connectivity index is 1.54. The van der Waals surface area contributed by atoms with Crippen molar-refractivity contribution >= 4 is 38.4 Å². The van der Waals surface area contributed by atoms with Crippen molar-refractivity contribution in [1.29, 1.82) is 0 Å². The molecule has 142 valence electrons. The SMILES string of the molecule is O=S1(=O)C[C@@H]2N=C(SCc3cccc(F)c3)N(Cc3ccc(Cl)cc3)[C@H]2C1. The number of fused-ring (bicyclic) bond motifs is 1. The van der Waals surface area contributed by atoms with Crippen molar-refractivity contribution in [1.82, 2.24) is 4.90 Å². The summed E-state index contributed by atoms with van der Waals surface area (Å²) in [4.78, 5) is 6.76. The first-order valence-corrected chi connectivity index (χ1v) is 11.7. The molecule has 0 aromatic heterocycles. The highest BCUT2D eigenvalue weighted by molar-refractivity contribution is 8.13. The van der Waals surface area contributed by atoms with Gasteiger partial charge in [0.25, 0.3) is 0 Å². The average molecular weight is 425 g/mol. The molecule has 2 aromatic rings. The molecule has 2 heterocycles. The number of nitrogens with zero attached hydrogens (tertiary/aromatic N) is 2. The predicted octanol–water partition coefficient (Wildman–Crippen LogP) is 3.75. The number of rotatable bonds is 4. The van der Waals surface area contributed by atoms with E-state index in [4.69, 9.17) is 11.6 Å². The Kier molecular flexibility index (Phi) is 5.18. The molecule has 0 amide bonds. The molecule has 4 rings (SSSR count). The summed E-state index contributed by atoms with van der Waals surface area (Å²) in [5.41, 5.74) is 1.92. The van der Waals surface area contributed by atoms with Crippen LogP contribution >= 0.6 is 23.4 Å². The van der Waals surface area contributed by atoms with Crippen LogP contribution in [-0.4, -0.2) is 42.1 Å². The zero-order chi connectivity index (χ0) is 19.0. The first kappa shape index (κ1) is 18.8. The lowest BCUT2D eigenvalue weighted by Crippen LogP contribution is -2.38. The Bertz CT molecular complexity index is 979. The van der Waals surface area contributed by atoms with E-state index in [0.717, 1.165) is 16.3 Å². The van der Waals surface area contributed by atoms with Crippen LogP contribution in [0.3, 0.4) is 0 Å². The second-order valence-electron chi connectivity index (χ2n) is 6.80. The molecular formula is C19H18ClFN2O2S2. The summed E-state index contributed by atoms with van der Waals surface area (Å²) >= 11 is 7.48. The summed E-state index contributed by atoms with van der Waals surface area (Å²) in [6, 6.07) is 13.7. The van der Waals surface area contributed by atoms with Gasteiger partial charge in [-0.3, -0.25) is 4.99 Å². The highest BCUT2D eigenvalue weighted by Crippen LogP contribution is 2.33. The molecule has 8 heteroatoms. The van der Waals surface area contributed by atoms with Crippen LogP contribution in [0.15, 0.2) is 53.5 Å². The molecule has 0 radical (unpaired) electrons. The standard InChI is InChI=1S/C19H18ClFN2O2S2/c20-15-6-4-13(5-7-15)9-23-18-12-27(24,25)11-17(18)22-19(23)26-10-14-2-1-3-16(21)8-14/h1-8,17-18H,9-12H2/t17-,18-/m0/s1. The van der Waals surface area contributed by atoms with Gasteiger partial charge in [0, 0.05) is 17.3 Å². The summed E-state index contributed by atoms with van der Waals surface area (Å²) in [5, 5.41) is 1.48. The number of benzene rings is 2. The molecule has 1 saturated heterocycles. The predicted molar refractivity (Wildman–Crippen MR) is 108 cm³/mol. The molecule has 0 spiro atoms. The molecule has 1 fully saturated rings. The Morgan fingerprint density at radius 1 is 1.15 bits per heavy atom. The number of hydrogen-bond donors (Lipinski definition) is 0. The largest absolute Gasteiger partial charge is 0.341 e. The molecule has 0 aliphatic carbocycles. The fraction of sp³-hybridized carbons (Fsp3) is 0.316. The van der Waals surface area contributed by atoms with E-state index in [1.54, 1.807) is 6.07 Å². The summed E-state index contributed by atoms with van der Waals surface area (Å²) in [6.45, 7) is 0.572. The Morgan fingerprint density at radius 2 is 1.93 bits per heavy atom. The lowest BCUT2D eigenvalue weighted by Gasteiger charge is -2.26. The van der Waals surface area contributed by atoms with Crippen molar-refractivity contribution in [2.45, 2.75) is 24.4 Å². The van der Waals surface area contributed by atoms with Gasteiger partial charge in [0.1, 0.15) is 5.82 Å². The van der Waals surface area contributed by atoms with E-state index in [0.29, 0.717) is 17.3 Å². The average Bonchev–Trinajstić information content (AvgIpc) is 3.07. The molecule has 0 bridgehead atoms. The van der Waals surface area contributed by atoms with E-state index in [1.165, 1.54) is 23.9 Å². The van der Waals surface area contributed by atoms with Gasteiger partial charge in [0.05, 0.1) is 23.6 Å². The minimum Gasteiger partial charge on any atom is -0.341 e. The molecule has 0 unspecified atom stereocenters. The quantitative estimate of drug-likeness (QED) is 0.750. The normalized spacial score (nSPS) is 23.3. The number of thioether (sulfide) groups is 1. The minimum atomic E-state index is -3.06. The lowest BCUT2D eigenvalue weighted by molar-refractivity contribution is 0.343. The van der Waals surface area contributed by atoms with E-state index >= 15 is 0 Å². The van der Waals surface area contributed by atoms with E-state index in [9.17, 15) is 12.8 Å². The smallest absolute Gasteiger partial charge is 0.160 e. The highest BCUT2D eigenvalue weighted by atomic mass is 35.5. The van der Waals surface area contributed by atoms with E-state index < -0.39 is 9.84 Å². The van der Waals surface area contributed by atoms with Crippen LogP contribution < -0.4 is 0 Å². The van der Waals surface area contributed by atoms with Gasteiger partial charge in [-0.05, 0) is 35.4 Å². The first-order chi connectivity index (χ1) is 12.9. The fourth-order valence-corrected chi connectivity index (χ4v) is 6.51. The zero-order valence-electron chi connectivity index (χ0n) is 14.4. The van der Waals surface area contributed by atoms with Crippen molar-refractivity contribution in [3.8, 4) is 0 Å². The molecule has 2 aromatic carbocycles. The van der Waals surface area contributed by atoms with Crippen LogP contribution in [0.5, 0.6) is 0 Å². The molecule has 0 N–H and O–H groups in total. The van der Waals surface area contributed by atoms with E-state index in [2.05, 4.69) is 9.89 Å². The number of hydrogen-bond acceptors (Lipinski definition) is 5. The van der Waals surface area contributed by atoms with Crippen molar-refractivity contribution in [3.63, 3.8) is 0 Å². The van der Waals surface area contributed by atoms with Crippen molar-refractivity contribution in [2.75, 3.05) is 11.5 Å². The third-order valence-corrected chi connectivity index (χ3v) is 7.77. The maximum absolute atomic E-state index is 13.4. The van der Waals surface area contributed by atoms with Gasteiger partial charge in [-0.2, -0.15) is 0 Å². The lowest BCUT2D eigenvalue weighted by atomic mass is 10.1. The third kappa shape index (κ3) is 4.31. The summed E-state index contributed by atoms with van der Waals surface area (Å²) in [6.07, 6.45) is 0. The zero-order valence-corrected chi connectivity index (χ0v) is 16.8. The second kappa shape index (κ2) is 7.45. The summed E-state index contributed by atoms with van der Waals surface area (Å²) in [5.74, 6) is 0.541. The molecule has 2 atom stereocenters. The van der Waals surface area contributed by atoms with Gasteiger partial charge in [-0.1, -0.05) is 47.6 Å². The van der Waals surface area contributed by atoms with Gasteiger partial charge in [-0.15, -0.1) is 0 Å².